The Morgan fingerprint density at radius 3 is 2.54 bits per heavy atom. The number of carbonyl (C=O) groups excluding carboxylic acids is 4. The molecule has 0 radical (unpaired) electrons. The maximum Gasteiger partial charge on any atom is 0.509 e. The van der Waals surface area contributed by atoms with Gasteiger partial charge in [0.05, 0.1) is 24.7 Å². The zero-order valence-electron chi connectivity index (χ0n) is 21.7. The maximum absolute atomic E-state index is 13.7. The molecule has 204 valence electrons. The molecule has 0 saturated heterocycles. The summed E-state index contributed by atoms with van der Waals surface area (Å²) in [6.07, 6.45) is 4.34. The number of fused-ring (bicyclic) bond motifs is 5. The number of Topliss-reactive ketones (excluding diaryl/α,β-unsaturated/α-hetero) is 1. The summed E-state index contributed by atoms with van der Waals surface area (Å²) in [6, 6.07) is 0. The van der Waals surface area contributed by atoms with Crippen LogP contribution >= 0.6 is 11.6 Å². The molecule has 4 rings (SSSR count). The molecule has 7 atom stereocenters. The topological polar surface area (TPSA) is 125 Å². The first-order chi connectivity index (χ1) is 17.4. The Hall–Kier alpha value is -2.39. The first-order valence-electron chi connectivity index (χ1n) is 12.8. The van der Waals surface area contributed by atoms with Crippen LogP contribution in [0, 0.1) is 22.7 Å². The highest BCUT2D eigenvalue weighted by Gasteiger charge is 2.74. The van der Waals surface area contributed by atoms with E-state index in [2.05, 4.69) is 4.74 Å². The van der Waals surface area contributed by atoms with Crippen molar-refractivity contribution in [2.45, 2.75) is 75.9 Å². The predicted octanol–water partition coefficient (Wildman–Crippen LogP) is 4.28. The Kier molecular flexibility index (Phi) is 7.27. The van der Waals surface area contributed by atoms with Gasteiger partial charge in [0, 0.05) is 10.8 Å². The zero-order chi connectivity index (χ0) is 27.2. The van der Waals surface area contributed by atoms with Crippen molar-refractivity contribution in [1.29, 1.82) is 0 Å². The molecule has 1 N–H and O–H groups in total. The molecule has 4 aliphatic carbocycles. The third-order valence-electron chi connectivity index (χ3n) is 9.38. The highest BCUT2D eigenvalue weighted by atomic mass is 35.5. The van der Waals surface area contributed by atoms with Crippen molar-refractivity contribution in [3.63, 3.8) is 0 Å². The van der Waals surface area contributed by atoms with Crippen LogP contribution in [0.3, 0.4) is 0 Å². The van der Waals surface area contributed by atoms with E-state index in [0.29, 0.717) is 25.7 Å². The molecule has 10 heteroatoms. The molecule has 3 saturated carbocycles. The molecule has 4 aliphatic rings. The van der Waals surface area contributed by atoms with Crippen LogP contribution in [0.15, 0.2) is 23.8 Å². The number of ketones is 2. The Morgan fingerprint density at radius 2 is 1.86 bits per heavy atom. The summed E-state index contributed by atoms with van der Waals surface area (Å²) in [4.78, 5) is 49.0. The van der Waals surface area contributed by atoms with E-state index in [1.807, 2.05) is 20.8 Å². The molecule has 1 unspecified atom stereocenters. The van der Waals surface area contributed by atoms with Gasteiger partial charge in [0.1, 0.15) is 0 Å². The molecule has 0 spiro atoms. The number of methoxy groups -OCH3 is 1. The van der Waals surface area contributed by atoms with Gasteiger partial charge in [-0.15, -0.1) is 11.6 Å². The first kappa shape index (κ1) is 27.6. The largest absolute Gasteiger partial charge is 0.509 e. The number of aliphatic hydroxyl groups is 1. The summed E-state index contributed by atoms with van der Waals surface area (Å²) >= 11 is 7.43. The number of aliphatic hydroxyl groups excluding tert-OH is 1. The van der Waals surface area contributed by atoms with E-state index in [1.54, 1.807) is 12.2 Å². The van der Waals surface area contributed by atoms with E-state index < -0.39 is 52.1 Å². The van der Waals surface area contributed by atoms with Crippen LogP contribution in [0.5, 0.6) is 0 Å². The van der Waals surface area contributed by atoms with E-state index >= 15 is 0 Å². The lowest BCUT2D eigenvalue weighted by Gasteiger charge is -2.63. The normalized spacial score (nSPS) is 40.0. The van der Waals surface area contributed by atoms with Crippen LogP contribution in [-0.2, 0) is 28.5 Å². The van der Waals surface area contributed by atoms with Crippen LogP contribution < -0.4 is 0 Å². The molecule has 3 fully saturated rings. The molecule has 0 aromatic carbocycles. The van der Waals surface area contributed by atoms with Crippen LogP contribution in [0.25, 0.3) is 0 Å². The van der Waals surface area contributed by atoms with E-state index in [4.69, 9.17) is 25.8 Å². The molecule has 37 heavy (non-hydrogen) atoms. The van der Waals surface area contributed by atoms with Gasteiger partial charge >= 0.3 is 12.3 Å². The van der Waals surface area contributed by atoms with Gasteiger partial charge < -0.3 is 24.1 Å². The Labute approximate surface area is 221 Å². The number of alkyl halides is 1. The fourth-order valence-corrected chi connectivity index (χ4v) is 8.06. The summed E-state index contributed by atoms with van der Waals surface area (Å²) in [5, 5.41) is 11.7. The molecule has 0 bridgehead atoms. The minimum atomic E-state index is -1.69. The van der Waals surface area contributed by atoms with Crippen LogP contribution in [-0.4, -0.2) is 65.9 Å². The smallest absolute Gasteiger partial charge is 0.438 e. The summed E-state index contributed by atoms with van der Waals surface area (Å²) in [5.41, 5.74) is -2.56. The quantitative estimate of drug-likeness (QED) is 0.389. The van der Waals surface area contributed by atoms with Gasteiger partial charge in [-0.05, 0) is 62.5 Å². The summed E-state index contributed by atoms with van der Waals surface area (Å²) in [7, 11) is 1.13. The zero-order valence-corrected chi connectivity index (χ0v) is 22.5. The monoisotopic (exact) mass is 538 g/mol. The molecule has 0 aromatic rings. The number of allylic oxidation sites excluding steroid dienone is 4. The van der Waals surface area contributed by atoms with Gasteiger partial charge in [0.15, 0.2) is 18.0 Å². The second-order valence-electron chi connectivity index (χ2n) is 11.0. The standard InChI is InChI=1S/C27H35ClO9/c1-5-12-35-23(33)37-26(21(31)15-36-22(32)34-4)11-9-18-19-7-6-16-13-17(29)8-10-24(16,2)27(19,28)20(30)14-25(18,26)3/h8,10,13,18-20,30H,5-7,9,11-12,14-15H2,1-4H3/t18-,19-,20?,24-,25-,26-,27-/m0/s1. The average molecular weight is 539 g/mol. The van der Waals surface area contributed by atoms with Crippen LogP contribution in [0.1, 0.15) is 59.3 Å². The van der Waals surface area contributed by atoms with Gasteiger partial charge in [-0.2, -0.15) is 0 Å². The van der Waals surface area contributed by atoms with E-state index in [9.17, 15) is 24.3 Å². The maximum atomic E-state index is 13.7. The van der Waals surface area contributed by atoms with Crippen molar-refractivity contribution in [2.75, 3.05) is 20.3 Å². The number of hydrogen-bond donors (Lipinski definition) is 1. The molecular formula is C27H35ClO9. The second-order valence-corrected chi connectivity index (χ2v) is 11.6. The SMILES string of the molecule is CCCOC(=O)O[C@]1(C(=O)COC(=O)OC)CC[C@H]2[C@@H]3CCC4=CC(=O)C=C[C@]4(C)[C@@]3(Cl)C(O)C[C@@]21C. The fourth-order valence-electron chi connectivity index (χ4n) is 7.54. The molecular weight excluding hydrogens is 504 g/mol. The van der Waals surface area contributed by atoms with Gasteiger partial charge in [0.2, 0.25) is 5.78 Å². The van der Waals surface area contributed by atoms with Crippen molar-refractivity contribution >= 4 is 35.5 Å². The van der Waals surface area contributed by atoms with Crippen molar-refractivity contribution in [3.8, 4) is 0 Å². The van der Waals surface area contributed by atoms with Gasteiger partial charge in [-0.3, -0.25) is 9.59 Å². The number of halogens is 1. The van der Waals surface area contributed by atoms with E-state index in [-0.39, 0.29) is 37.1 Å². The average Bonchev–Trinajstić information content (AvgIpc) is 3.14. The minimum absolute atomic E-state index is 0.0628. The van der Waals surface area contributed by atoms with Crippen molar-refractivity contribution in [3.05, 3.63) is 23.8 Å². The number of carbonyl (C=O) groups is 4. The first-order valence-corrected chi connectivity index (χ1v) is 13.2. The van der Waals surface area contributed by atoms with Gasteiger partial charge in [-0.1, -0.05) is 32.4 Å². The lowest BCUT2D eigenvalue weighted by molar-refractivity contribution is -0.179. The Morgan fingerprint density at radius 1 is 1.14 bits per heavy atom. The number of hydrogen-bond acceptors (Lipinski definition) is 9. The number of rotatable bonds is 6. The summed E-state index contributed by atoms with van der Waals surface area (Å²) < 4.78 is 20.4. The molecule has 0 amide bonds. The predicted molar refractivity (Wildman–Crippen MR) is 132 cm³/mol. The highest BCUT2D eigenvalue weighted by Crippen LogP contribution is 2.71. The Bertz CT molecular complexity index is 1050. The van der Waals surface area contributed by atoms with Crippen molar-refractivity contribution in [2.24, 2.45) is 22.7 Å². The van der Waals surface area contributed by atoms with Crippen molar-refractivity contribution in [1.82, 2.24) is 0 Å². The van der Waals surface area contributed by atoms with Crippen LogP contribution in [0.2, 0.25) is 0 Å². The molecule has 0 aromatic heterocycles. The second kappa shape index (κ2) is 9.73. The van der Waals surface area contributed by atoms with E-state index in [0.717, 1.165) is 12.7 Å². The fraction of sp³-hybridized carbons (Fsp3) is 0.704. The third-order valence-corrected chi connectivity index (χ3v) is 10.3. The van der Waals surface area contributed by atoms with Gasteiger partial charge in [-0.25, -0.2) is 9.59 Å². The Balaban J connectivity index is 1.74. The van der Waals surface area contributed by atoms with Crippen LogP contribution in [0.4, 0.5) is 9.59 Å². The summed E-state index contributed by atoms with van der Waals surface area (Å²) in [5.74, 6) is -1.14. The number of ether oxygens (including phenoxy) is 4. The van der Waals surface area contributed by atoms with Gasteiger partial charge in [0.25, 0.3) is 0 Å². The molecule has 9 nitrogen and oxygen atoms in total. The highest BCUT2D eigenvalue weighted by molar-refractivity contribution is 6.26. The minimum Gasteiger partial charge on any atom is -0.438 e. The third kappa shape index (κ3) is 4.00. The van der Waals surface area contributed by atoms with Crippen molar-refractivity contribution < 1.29 is 43.2 Å². The summed E-state index contributed by atoms with van der Waals surface area (Å²) in [6.45, 7) is 5.08. The molecule has 0 aliphatic heterocycles. The lowest BCUT2D eigenvalue weighted by Crippen LogP contribution is -2.69. The molecule has 0 heterocycles. The van der Waals surface area contributed by atoms with E-state index in [1.165, 1.54) is 6.08 Å². The lowest BCUT2D eigenvalue weighted by atomic mass is 9.45.